The van der Waals surface area contributed by atoms with E-state index in [4.69, 9.17) is 11.7 Å². The van der Waals surface area contributed by atoms with Crippen LogP contribution >= 0.6 is 0 Å². The van der Waals surface area contributed by atoms with Crippen LogP contribution in [0.1, 0.15) is 13.8 Å². The molecule has 1 saturated heterocycles. The molecule has 0 saturated carbocycles. The van der Waals surface area contributed by atoms with E-state index < -0.39 is 12.2 Å². The molecular weight excluding hydrogens is 116 g/mol. The van der Waals surface area contributed by atoms with Gasteiger partial charge in [-0.05, 0) is 13.8 Å². The first-order chi connectivity index (χ1) is 4.13. The SMILES string of the molecule is [CH][C@H]1O[C@@H](C)C(C)[C@H]1O. The van der Waals surface area contributed by atoms with Crippen molar-refractivity contribution in [1.29, 1.82) is 0 Å². The normalized spacial score (nSPS) is 52.0. The Morgan fingerprint density at radius 3 is 2.11 bits per heavy atom. The largest absolute Gasteiger partial charge is 0.390 e. The van der Waals surface area contributed by atoms with Gasteiger partial charge in [0.15, 0.2) is 0 Å². The first-order valence-electron chi connectivity index (χ1n) is 3.22. The minimum Gasteiger partial charge on any atom is -0.390 e. The monoisotopic (exact) mass is 128 g/mol. The Balaban J connectivity index is 2.54. The van der Waals surface area contributed by atoms with Crippen LogP contribution in [0.25, 0.3) is 0 Å². The van der Waals surface area contributed by atoms with Gasteiger partial charge in [-0.3, -0.25) is 0 Å². The summed E-state index contributed by atoms with van der Waals surface area (Å²) in [6.07, 6.45) is -0.870. The van der Waals surface area contributed by atoms with Crippen LogP contribution in [0.15, 0.2) is 0 Å². The Bertz CT molecular complexity index is 91.1. The Morgan fingerprint density at radius 2 is 2.00 bits per heavy atom. The van der Waals surface area contributed by atoms with Gasteiger partial charge < -0.3 is 9.84 Å². The van der Waals surface area contributed by atoms with E-state index >= 15 is 0 Å². The first-order valence-corrected chi connectivity index (χ1v) is 3.22. The van der Waals surface area contributed by atoms with E-state index in [1.165, 1.54) is 0 Å². The number of hydrogen-bond acceptors (Lipinski definition) is 2. The molecule has 0 aromatic heterocycles. The van der Waals surface area contributed by atoms with E-state index in [9.17, 15) is 5.11 Å². The average Bonchev–Trinajstić information content (AvgIpc) is 1.98. The van der Waals surface area contributed by atoms with Crippen molar-refractivity contribution < 1.29 is 9.84 Å². The van der Waals surface area contributed by atoms with Gasteiger partial charge in [-0.1, -0.05) is 6.92 Å². The maximum absolute atomic E-state index is 9.19. The maximum Gasteiger partial charge on any atom is 0.0876 e. The minimum atomic E-state index is -0.486. The highest BCUT2D eigenvalue weighted by Crippen LogP contribution is 2.25. The van der Waals surface area contributed by atoms with Crippen LogP contribution in [0, 0.1) is 12.8 Å². The van der Waals surface area contributed by atoms with Gasteiger partial charge in [0.25, 0.3) is 0 Å². The van der Waals surface area contributed by atoms with Crippen molar-refractivity contribution in [3.8, 4) is 0 Å². The van der Waals surface area contributed by atoms with Gasteiger partial charge in [0, 0.05) is 5.92 Å². The van der Waals surface area contributed by atoms with Crippen molar-refractivity contribution in [2.75, 3.05) is 0 Å². The summed E-state index contributed by atoms with van der Waals surface area (Å²) in [7, 11) is 0. The molecule has 1 N–H and O–H groups in total. The van der Waals surface area contributed by atoms with E-state index in [1.807, 2.05) is 13.8 Å². The van der Waals surface area contributed by atoms with Crippen LogP contribution in [0.2, 0.25) is 0 Å². The molecule has 0 bridgehead atoms. The molecule has 1 fully saturated rings. The minimum absolute atomic E-state index is 0.0926. The summed E-state index contributed by atoms with van der Waals surface area (Å²) in [5.41, 5.74) is 0. The van der Waals surface area contributed by atoms with Crippen molar-refractivity contribution in [2.24, 2.45) is 5.92 Å². The average molecular weight is 128 g/mol. The second-order valence-electron chi connectivity index (χ2n) is 2.66. The third kappa shape index (κ3) is 1.10. The van der Waals surface area contributed by atoms with Crippen molar-refractivity contribution in [3.63, 3.8) is 0 Å². The first kappa shape index (κ1) is 7.03. The van der Waals surface area contributed by atoms with Crippen LogP contribution in [0.4, 0.5) is 0 Å². The van der Waals surface area contributed by atoms with Crippen LogP contribution in [0.5, 0.6) is 0 Å². The van der Waals surface area contributed by atoms with E-state index in [1.54, 1.807) is 0 Å². The molecule has 1 rings (SSSR count). The molecule has 2 heteroatoms. The van der Waals surface area contributed by atoms with Crippen LogP contribution in [0.3, 0.4) is 0 Å². The molecule has 4 atom stereocenters. The molecule has 0 aliphatic carbocycles. The van der Waals surface area contributed by atoms with E-state index in [-0.39, 0.29) is 12.0 Å². The molecule has 2 nitrogen and oxygen atoms in total. The Labute approximate surface area is 55.8 Å². The van der Waals surface area contributed by atoms with Gasteiger partial charge in [0.1, 0.15) is 0 Å². The second-order valence-corrected chi connectivity index (χ2v) is 2.66. The molecule has 9 heavy (non-hydrogen) atoms. The van der Waals surface area contributed by atoms with Gasteiger partial charge >= 0.3 is 0 Å². The molecule has 52 valence electrons. The van der Waals surface area contributed by atoms with Crippen LogP contribution in [-0.2, 0) is 4.74 Å². The summed E-state index contributed by atoms with van der Waals surface area (Å²) < 4.78 is 5.11. The summed E-state index contributed by atoms with van der Waals surface area (Å²) in [5, 5.41) is 9.19. The summed E-state index contributed by atoms with van der Waals surface area (Å²) in [6.45, 7) is 9.24. The summed E-state index contributed by atoms with van der Waals surface area (Å²) in [4.78, 5) is 0. The summed E-state index contributed by atoms with van der Waals surface area (Å²) in [6, 6.07) is 0. The highest BCUT2D eigenvalue weighted by molar-refractivity contribution is 4.86. The third-order valence-corrected chi connectivity index (χ3v) is 1.99. The zero-order valence-electron chi connectivity index (χ0n) is 5.74. The molecule has 0 amide bonds. The van der Waals surface area contributed by atoms with Crippen molar-refractivity contribution in [2.45, 2.75) is 32.2 Å². The van der Waals surface area contributed by atoms with Gasteiger partial charge in [-0.15, -0.1) is 0 Å². The molecule has 2 radical (unpaired) electrons. The number of ether oxygens (including phenoxy) is 1. The van der Waals surface area contributed by atoms with Crippen molar-refractivity contribution in [3.05, 3.63) is 6.92 Å². The smallest absolute Gasteiger partial charge is 0.0876 e. The quantitative estimate of drug-likeness (QED) is 0.514. The van der Waals surface area contributed by atoms with Crippen LogP contribution in [-0.4, -0.2) is 23.4 Å². The van der Waals surface area contributed by atoms with Gasteiger partial charge in [0.2, 0.25) is 0 Å². The van der Waals surface area contributed by atoms with E-state index in [0.717, 1.165) is 0 Å². The fourth-order valence-corrected chi connectivity index (χ4v) is 1.03. The van der Waals surface area contributed by atoms with Gasteiger partial charge in [-0.25, -0.2) is 0 Å². The number of aliphatic hydroxyl groups excluding tert-OH is 1. The zero-order chi connectivity index (χ0) is 7.02. The summed E-state index contributed by atoms with van der Waals surface area (Å²) in [5.74, 6) is 0.167. The maximum atomic E-state index is 9.19. The van der Waals surface area contributed by atoms with E-state index in [2.05, 4.69) is 0 Å². The predicted molar refractivity (Wildman–Crippen MR) is 33.8 cm³/mol. The lowest BCUT2D eigenvalue weighted by Crippen LogP contribution is -2.22. The van der Waals surface area contributed by atoms with E-state index in [0.29, 0.717) is 0 Å². The van der Waals surface area contributed by atoms with Crippen LogP contribution < -0.4 is 0 Å². The fraction of sp³-hybridized carbons (Fsp3) is 0.857. The highest BCUT2D eigenvalue weighted by Gasteiger charge is 2.35. The predicted octanol–water partition coefficient (Wildman–Crippen LogP) is 0.482. The number of hydrogen-bond donors (Lipinski definition) is 1. The summed E-state index contributed by atoms with van der Waals surface area (Å²) >= 11 is 0. The zero-order valence-corrected chi connectivity index (χ0v) is 5.74. The molecule has 0 aromatic rings. The molecule has 0 aromatic carbocycles. The lowest BCUT2D eigenvalue weighted by atomic mass is 10.0. The highest BCUT2D eigenvalue weighted by atomic mass is 16.5. The standard InChI is InChI=1S/C7H12O2/c1-4-5(2)9-6(3)7(4)8/h3-8H,1-2H3/t4?,5-,6+,7+/m0/s1. The molecule has 1 aliphatic rings. The number of rotatable bonds is 0. The second kappa shape index (κ2) is 2.27. The topological polar surface area (TPSA) is 29.5 Å². The van der Waals surface area contributed by atoms with Gasteiger partial charge in [0.05, 0.1) is 18.3 Å². The molecule has 1 unspecified atom stereocenters. The van der Waals surface area contributed by atoms with Crippen molar-refractivity contribution in [1.82, 2.24) is 0 Å². The Hall–Kier alpha value is -0.0800. The number of aliphatic hydroxyl groups is 1. The third-order valence-electron chi connectivity index (χ3n) is 1.99. The Morgan fingerprint density at radius 1 is 1.44 bits per heavy atom. The molecule has 1 heterocycles. The lowest BCUT2D eigenvalue weighted by Gasteiger charge is -2.09. The van der Waals surface area contributed by atoms with Crippen molar-refractivity contribution >= 4 is 0 Å². The molecular formula is C7H12O2. The Kier molecular flexibility index (Phi) is 1.78. The molecule has 1 aliphatic heterocycles. The lowest BCUT2D eigenvalue weighted by molar-refractivity contribution is 0.0450. The van der Waals surface area contributed by atoms with Gasteiger partial charge in [-0.2, -0.15) is 0 Å². The molecule has 0 spiro atoms. The fourth-order valence-electron chi connectivity index (χ4n) is 1.03.